The van der Waals surface area contributed by atoms with Crippen molar-refractivity contribution in [2.24, 2.45) is 0 Å². The van der Waals surface area contributed by atoms with Crippen LogP contribution in [0.25, 0.3) is 0 Å². The van der Waals surface area contributed by atoms with E-state index in [0.29, 0.717) is 32.1 Å². The van der Waals surface area contributed by atoms with Crippen LogP contribution in [0.3, 0.4) is 0 Å². The largest absolute Gasteiger partial charge is 0.481 e. The van der Waals surface area contributed by atoms with Gasteiger partial charge in [-0.15, -0.1) is 0 Å². The Morgan fingerprint density at radius 2 is 0.800 bits per heavy atom. The molecule has 2 atom stereocenters. The molecule has 0 heterocycles. The first-order valence-corrected chi connectivity index (χ1v) is 18.6. The van der Waals surface area contributed by atoms with Gasteiger partial charge in [0.15, 0.2) is 6.10 Å². The number of carboxylic acid groups (broad SMARTS) is 1. The summed E-state index contributed by atoms with van der Waals surface area (Å²) in [6.45, 7) is 6.36. The van der Waals surface area contributed by atoms with E-state index < -0.39 is 18.2 Å². The molecular formula is C37H68O8. The van der Waals surface area contributed by atoms with Crippen LogP contribution in [0.2, 0.25) is 0 Å². The molecule has 0 spiro atoms. The molecule has 45 heavy (non-hydrogen) atoms. The number of esters is 3. The minimum atomic E-state index is -0.822. The molecule has 0 rings (SSSR count). The van der Waals surface area contributed by atoms with Crippen molar-refractivity contribution in [3.63, 3.8) is 0 Å². The summed E-state index contributed by atoms with van der Waals surface area (Å²) >= 11 is 0. The van der Waals surface area contributed by atoms with Crippen LogP contribution in [0, 0.1) is 0 Å². The van der Waals surface area contributed by atoms with Crippen molar-refractivity contribution in [3.8, 4) is 0 Å². The Kier molecular flexibility index (Phi) is 30.3. The van der Waals surface area contributed by atoms with Crippen LogP contribution in [-0.4, -0.2) is 47.8 Å². The second kappa shape index (κ2) is 31.8. The number of aliphatic carboxylic acids is 1. The molecule has 0 aromatic rings. The number of hydrogen-bond acceptors (Lipinski definition) is 7. The number of rotatable bonds is 33. The standard InChI is InChI=1S/C37H68O8/c1-4-7-10-16-23-28-35(40)43-31-33(45-37(42)30-25-18-12-9-6-3)32(44-36(41)29-24-17-11-8-5-2)26-21-19-14-13-15-20-22-27-34(38)39/h32-33H,4-31H2,1-3H3,(H,38,39). The molecule has 0 aliphatic carbocycles. The van der Waals surface area contributed by atoms with Gasteiger partial charge in [0, 0.05) is 25.7 Å². The average Bonchev–Trinajstić information content (AvgIpc) is 3.01. The van der Waals surface area contributed by atoms with Gasteiger partial charge in [-0.25, -0.2) is 0 Å². The first-order chi connectivity index (χ1) is 21.8. The molecule has 0 bridgehead atoms. The molecule has 0 aromatic heterocycles. The molecule has 8 heteroatoms. The van der Waals surface area contributed by atoms with E-state index in [9.17, 15) is 19.2 Å². The number of carbonyl (C=O) groups excluding carboxylic acids is 3. The number of carbonyl (C=O) groups is 4. The summed E-state index contributed by atoms with van der Waals surface area (Å²) in [4.78, 5) is 49.0. The fraction of sp³-hybridized carbons (Fsp3) is 0.892. The molecule has 264 valence electrons. The van der Waals surface area contributed by atoms with Crippen molar-refractivity contribution in [2.45, 2.75) is 206 Å². The third-order valence-electron chi connectivity index (χ3n) is 8.22. The highest BCUT2D eigenvalue weighted by Gasteiger charge is 2.30. The van der Waals surface area contributed by atoms with Gasteiger partial charge in [0.05, 0.1) is 0 Å². The first-order valence-electron chi connectivity index (χ1n) is 18.6. The van der Waals surface area contributed by atoms with E-state index in [1.165, 1.54) is 0 Å². The van der Waals surface area contributed by atoms with Gasteiger partial charge in [-0.05, 0) is 38.5 Å². The predicted octanol–water partition coefficient (Wildman–Crippen LogP) is 10.0. The molecule has 8 nitrogen and oxygen atoms in total. The number of carboxylic acids is 1. The second-order valence-corrected chi connectivity index (χ2v) is 12.6. The quantitative estimate of drug-likeness (QED) is 0.0428. The molecule has 0 aliphatic rings. The zero-order valence-corrected chi connectivity index (χ0v) is 29.3. The highest BCUT2D eigenvalue weighted by Crippen LogP contribution is 2.19. The maximum absolute atomic E-state index is 12.9. The van der Waals surface area contributed by atoms with Crippen molar-refractivity contribution in [3.05, 3.63) is 0 Å². The average molecular weight is 641 g/mol. The molecular weight excluding hydrogens is 572 g/mol. The van der Waals surface area contributed by atoms with Crippen LogP contribution < -0.4 is 0 Å². The van der Waals surface area contributed by atoms with E-state index in [2.05, 4.69) is 20.8 Å². The maximum Gasteiger partial charge on any atom is 0.306 e. The third-order valence-corrected chi connectivity index (χ3v) is 8.22. The summed E-state index contributed by atoms with van der Waals surface area (Å²) in [5, 5.41) is 8.80. The van der Waals surface area contributed by atoms with Gasteiger partial charge in [0.25, 0.3) is 0 Å². The van der Waals surface area contributed by atoms with Gasteiger partial charge in [-0.2, -0.15) is 0 Å². The zero-order valence-electron chi connectivity index (χ0n) is 29.3. The predicted molar refractivity (Wildman–Crippen MR) is 180 cm³/mol. The fourth-order valence-corrected chi connectivity index (χ4v) is 5.37. The van der Waals surface area contributed by atoms with Crippen LogP contribution >= 0.6 is 0 Å². The topological polar surface area (TPSA) is 116 Å². The van der Waals surface area contributed by atoms with Gasteiger partial charge in [0.2, 0.25) is 0 Å². The van der Waals surface area contributed by atoms with Gasteiger partial charge in [0.1, 0.15) is 12.7 Å². The Bertz CT molecular complexity index is 738. The van der Waals surface area contributed by atoms with Gasteiger partial charge in [-0.3, -0.25) is 19.2 Å². The first kappa shape index (κ1) is 42.9. The van der Waals surface area contributed by atoms with Crippen LogP contribution in [0.4, 0.5) is 0 Å². The summed E-state index contributed by atoms with van der Waals surface area (Å²) in [6.07, 6.45) is 21.9. The lowest BCUT2D eigenvalue weighted by molar-refractivity contribution is -0.176. The minimum Gasteiger partial charge on any atom is -0.481 e. The Hall–Kier alpha value is -2.12. The fourth-order valence-electron chi connectivity index (χ4n) is 5.37. The highest BCUT2D eigenvalue weighted by molar-refractivity contribution is 5.71. The summed E-state index contributed by atoms with van der Waals surface area (Å²) in [6, 6.07) is 0. The molecule has 0 aliphatic heterocycles. The molecule has 0 aromatic carbocycles. The SMILES string of the molecule is CCCCCCCC(=O)OCC(OC(=O)CCCCCCC)C(CCCCCCCCCC(=O)O)OC(=O)CCCCCCC. The summed E-state index contributed by atoms with van der Waals surface area (Å²) < 4.78 is 17.4. The van der Waals surface area contributed by atoms with Crippen molar-refractivity contribution in [1.82, 2.24) is 0 Å². The lowest BCUT2D eigenvalue weighted by Crippen LogP contribution is -2.39. The summed E-state index contributed by atoms with van der Waals surface area (Å²) in [5.74, 6) is -1.69. The number of unbranched alkanes of at least 4 members (excludes halogenated alkanes) is 18. The van der Waals surface area contributed by atoms with Gasteiger partial charge in [-0.1, -0.05) is 130 Å². The number of hydrogen-bond donors (Lipinski definition) is 1. The van der Waals surface area contributed by atoms with E-state index >= 15 is 0 Å². The van der Waals surface area contributed by atoms with Crippen LogP contribution in [0.5, 0.6) is 0 Å². The van der Waals surface area contributed by atoms with E-state index in [0.717, 1.165) is 135 Å². The van der Waals surface area contributed by atoms with Crippen LogP contribution in [0.15, 0.2) is 0 Å². The molecule has 1 N–H and O–H groups in total. The molecule has 2 unspecified atom stereocenters. The Morgan fingerprint density at radius 3 is 1.24 bits per heavy atom. The molecule has 0 amide bonds. The molecule has 0 radical (unpaired) electrons. The smallest absolute Gasteiger partial charge is 0.306 e. The molecule has 0 fully saturated rings. The monoisotopic (exact) mass is 640 g/mol. The van der Waals surface area contributed by atoms with Gasteiger partial charge < -0.3 is 19.3 Å². The van der Waals surface area contributed by atoms with E-state index in [1.807, 2.05) is 0 Å². The van der Waals surface area contributed by atoms with E-state index in [-0.39, 0.29) is 30.9 Å². The van der Waals surface area contributed by atoms with Crippen LogP contribution in [-0.2, 0) is 33.4 Å². The normalized spacial score (nSPS) is 12.4. The van der Waals surface area contributed by atoms with Crippen molar-refractivity contribution < 1.29 is 38.5 Å². The lowest BCUT2D eigenvalue weighted by Gasteiger charge is -2.27. The van der Waals surface area contributed by atoms with Gasteiger partial charge >= 0.3 is 23.9 Å². The molecule has 0 saturated heterocycles. The second-order valence-electron chi connectivity index (χ2n) is 12.6. The van der Waals surface area contributed by atoms with Crippen molar-refractivity contribution >= 4 is 23.9 Å². The minimum absolute atomic E-state index is 0.104. The third kappa shape index (κ3) is 29.1. The van der Waals surface area contributed by atoms with Crippen molar-refractivity contribution in [2.75, 3.05) is 6.61 Å². The van der Waals surface area contributed by atoms with Crippen LogP contribution in [0.1, 0.15) is 194 Å². The Balaban J connectivity index is 5.23. The summed E-state index contributed by atoms with van der Waals surface area (Å²) in [7, 11) is 0. The maximum atomic E-state index is 12.9. The molecule has 0 saturated carbocycles. The summed E-state index contributed by atoms with van der Waals surface area (Å²) in [5.41, 5.74) is 0. The van der Waals surface area contributed by atoms with E-state index in [1.54, 1.807) is 0 Å². The lowest BCUT2D eigenvalue weighted by atomic mass is 10.0. The Labute approximate surface area is 275 Å². The number of ether oxygens (including phenoxy) is 3. The highest BCUT2D eigenvalue weighted by atomic mass is 16.6. The zero-order chi connectivity index (χ0) is 33.4. The van der Waals surface area contributed by atoms with E-state index in [4.69, 9.17) is 19.3 Å². The Morgan fingerprint density at radius 1 is 0.444 bits per heavy atom. The van der Waals surface area contributed by atoms with Crippen molar-refractivity contribution in [1.29, 1.82) is 0 Å².